The number of benzene rings is 1. The van der Waals surface area contributed by atoms with Gasteiger partial charge in [0, 0.05) is 18.6 Å². The molecule has 0 spiro atoms. The van der Waals surface area contributed by atoms with E-state index in [1.165, 1.54) is 12.1 Å². The lowest BCUT2D eigenvalue weighted by Crippen LogP contribution is -2.48. The quantitative estimate of drug-likeness (QED) is 0.682. The van der Waals surface area contributed by atoms with Crippen molar-refractivity contribution in [2.24, 2.45) is 0 Å². The number of nitro groups is 1. The first-order valence-electron chi connectivity index (χ1n) is 5.87. The predicted octanol–water partition coefficient (Wildman–Crippen LogP) is 2.40. The fourth-order valence-electron chi connectivity index (χ4n) is 1.97. The van der Waals surface area contributed by atoms with E-state index in [2.05, 4.69) is 21.2 Å². The van der Waals surface area contributed by atoms with Gasteiger partial charge in [-0.3, -0.25) is 14.9 Å². The molecular weight excluding hydrogens is 316 g/mol. The fraction of sp³-hybridized carbons (Fsp3) is 0.417. The maximum absolute atomic E-state index is 11.2. The second kappa shape index (κ2) is 5.56. The van der Waals surface area contributed by atoms with Crippen LogP contribution in [0.15, 0.2) is 22.7 Å². The van der Waals surface area contributed by atoms with Gasteiger partial charge < -0.3 is 10.1 Å². The number of carbonyl (C=O) groups is 1. The van der Waals surface area contributed by atoms with Crippen molar-refractivity contribution in [2.45, 2.75) is 31.9 Å². The molecule has 1 aromatic rings. The van der Waals surface area contributed by atoms with Crippen molar-refractivity contribution in [3.8, 4) is 5.75 Å². The van der Waals surface area contributed by atoms with Gasteiger partial charge in [-0.15, -0.1) is 0 Å². The Morgan fingerprint density at radius 1 is 1.53 bits per heavy atom. The molecule has 7 heteroatoms. The number of ether oxygens (including phenoxy) is 1. The van der Waals surface area contributed by atoms with Gasteiger partial charge in [-0.05, 0) is 35.3 Å². The van der Waals surface area contributed by atoms with Gasteiger partial charge in [0.25, 0.3) is 5.69 Å². The molecule has 102 valence electrons. The summed E-state index contributed by atoms with van der Waals surface area (Å²) in [5.74, 6) is 0.564. The Morgan fingerprint density at radius 3 is 2.84 bits per heavy atom. The number of nitrogens with zero attached hydrogens (tertiary/aromatic N) is 1. The highest BCUT2D eigenvalue weighted by Gasteiger charge is 2.27. The van der Waals surface area contributed by atoms with Gasteiger partial charge in [-0.1, -0.05) is 0 Å². The van der Waals surface area contributed by atoms with Crippen LogP contribution in [0.25, 0.3) is 0 Å². The average Bonchev–Trinajstić information content (AvgIpc) is 2.34. The minimum Gasteiger partial charge on any atom is -0.487 e. The lowest BCUT2D eigenvalue weighted by atomic mass is 10.0. The average molecular weight is 329 g/mol. The molecule has 1 aliphatic rings. The summed E-state index contributed by atoms with van der Waals surface area (Å²) in [6, 6.07) is 4.28. The Balaban J connectivity index is 2.11. The molecule has 1 N–H and O–H groups in total. The molecule has 0 aromatic heterocycles. The van der Waals surface area contributed by atoms with E-state index in [0.29, 0.717) is 23.1 Å². The molecule has 1 amide bonds. The van der Waals surface area contributed by atoms with Crippen LogP contribution >= 0.6 is 15.9 Å². The lowest BCUT2D eigenvalue weighted by molar-refractivity contribution is -0.385. The van der Waals surface area contributed by atoms with E-state index in [9.17, 15) is 14.9 Å². The molecule has 1 aliphatic heterocycles. The maximum Gasteiger partial charge on any atom is 0.270 e. The lowest BCUT2D eigenvalue weighted by Gasteiger charge is -2.30. The van der Waals surface area contributed by atoms with Crippen LogP contribution in [0, 0.1) is 10.1 Å². The van der Waals surface area contributed by atoms with E-state index in [0.717, 1.165) is 0 Å². The molecule has 19 heavy (non-hydrogen) atoms. The normalized spacial score (nSPS) is 22.7. The molecule has 0 bridgehead atoms. The standard InChI is InChI=1S/C12H13BrN2O4/c1-7-10(4-5-12(16)14-7)19-11-3-2-8(15(17)18)6-9(11)13/h2-3,6-7,10H,4-5H2,1H3,(H,14,16)/t7-,10+/m1/s1. The summed E-state index contributed by atoms with van der Waals surface area (Å²) in [6.07, 6.45) is 0.936. The van der Waals surface area contributed by atoms with Crippen molar-refractivity contribution in [1.29, 1.82) is 0 Å². The van der Waals surface area contributed by atoms with Crippen LogP contribution in [0.2, 0.25) is 0 Å². The van der Waals surface area contributed by atoms with Crippen molar-refractivity contribution < 1.29 is 14.5 Å². The third kappa shape index (κ3) is 3.23. The van der Waals surface area contributed by atoms with Gasteiger partial charge in [-0.25, -0.2) is 0 Å². The van der Waals surface area contributed by atoms with Crippen LogP contribution in [0.1, 0.15) is 19.8 Å². The summed E-state index contributed by atoms with van der Waals surface area (Å²) in [5.41, 5.74) is 0.00391. The Labute approximate surface area is 118 Å². The Bertz CT molecular complexity index is 520. The number of nitro benzene ring substituents is 1. The number of rotatable bonds is 3. The zero-order valence-electron chi connectivity index (χ0n) is 10.3. The monoisotopic (exact) mass is 328 g/mol. The molecule has 1 aromatic carbocycles. The van der Waals surface area contributed by atoms with Crippen molar-refractivity contribution in [3.63, 3.8) is 0 Å². The van der Waals surface area contributed by atoms with E-state index >= 15 is 0 Å². The van der Waals surface area contributed by atoms with Crippen LogP contribution in [0.3, 0.4) is 0 Å². The van der Waals surface area contributed by atoms with E-state index in [1.807, 2.05) is 6.92 Å². The summed E-state index contributed by atoms with van der Waals surface area (Å²) in [5, 5.41) is 13.5. The highest BCUT2D eigenvalue weighted by atomic mass is 79.9. The number of hydrogen-bond acceptors (Lipinski definition) is 4. The summed E-state index contributed by atoms with van der Waals surface area (Å²) >= 11 is 3.26. The second-order valence-electron chi connectivity index (χ2n) is 4.42. The SMILES string of the molecule is C[C@H]1NC(=O)CC[C@@H]1Oc1ccc([N+](=O)[O-])cc1Br. The topological polar surface area (TPSA) is 81.5 Å². The molecule has 0 radical (unpaired) electrons. The maximum atomic E-state index is 11.2. The number of carbonyl (C=O) groups excluding carboxylic acids is 1. The first-order valence-corrected chi connectivity index (χ1v) is 6.66. The molecular formula is C12H13BrN2O4. The van der Waals surface area contributed by atoms with Gasteiger partial charge in [0.2, 0.25) is 5.91 Å². The van der Waals surface area contributed by atoms with Gasteiger partial charge in [0.05, 0.1) is 15.4 Å². The number of amides is 1. The van der Waals surface area contributed by atoms with Gasteiger partial charge in [-0.2, -0.15) is 0 Å². The first-order chi connectivity index (χ1) is 8.97. The third-order valence-corrected chi connectivity index (χ3v) is 3.63. The molecule has 0 unspecified atom stereocenters. The Hall–Kier alpha value is -1.63. The molecule has 1 heterocycles. The van der Waals surface area contributed by atoms with Crippen molar-refractivity contribution in [2.75, 3.05) is 0 Å². The minimum atomic E-state index is -0.460. The van der Waals surface area contributed by atoms with Gasteiger partial charge >= 0.3 is 0 Å². The molecule has 1 saturated heterocycles. The van der Waals surface area contributed by atoms with Crippen LogP contribution in [-0.4, -0.2) is 23.0 Å². The summed E-state index contributed by atoms with van der Waals surface area (Å²) in [4.78, 5) is 21.4. The van der Waals surface area contributed by atoms with E-state index in [4.69, 9.17) is 4.74 Å². The van der Waals surface area contributed by atoms with Gasteiger partial charge in [0.1, 0.15) is 11.9 Å². The summed E-state index contributed by atoms with van der Waals surface area (Å²) in [7, 11) is 0. The number of halogens is 1. The van der Waals surface area contributed by atoms with Crippen LogP contribution in [-0.2, 0) is 4.79 Å². The van der Waals surface area contributed by atoms with Crippen molar-refractivity contribution in [1.82, 2.24) is 5.32 Å². The highest BCUT2D eigenvalue weighted by molar-refractivity contribution is 9.10. The molecule has 2 rings (SSSR count). The third-order valence-electron chi connectivity index (χ3n) is 3.01. The molecule has 0 aliphatic carbocycles. The smallest absolute Gasteiger partial charge is 0.270 e. The molecule has 6 nitrogen and oxygen atoms in total. The van der Waals surface area contributed by atoms with Gasteiger partial charge in [0.15, 0.2) is 0 Å². The number of nitrogens with one attached hydrogen (secondary N) is 1. The van der Waals surface area contributed by atoms with Crippen LogP contribution < -0.4 is 10.1 Å². The van der Waals surface area contributed by atoms with Crippen LogP contribution in [0.4, 0.5) is 5.69 Å². The zero-order valence-corrected chi connectivity index (χ0v) is 11.8. The fourth-order valence-corrected chi connectivity index (χ4v) is 2.43. The summed E-state index contributed by atoms with van der Waals surface area (Å²) in [6.45, 7) is 1.88. The Morgan fingerprint density at radius 2 is 2.26 bits per heavy atom. The van der Waals surface area contributed by atoms with Crippen LogP contribution in [0.5, 0.6) is 5.75 Å². The largest absolute Gasteiger partial charge is 0.487 e. The van der Waals surface area contributed by atoms with Crippen molar-refractivity contribution in [3.05, 3.63) is 32.8 Å². The molecule has 2 atom stereocenters. The molecule has 1 fully saturated rings. The predicted molar refractivity (Wildman–Crippen MR) is 72.1 cm³/mol. The van der Waals surface area contributed by atoms with E-state index in [1.54, 1.807) is 6.07 Å². The highest BCUT2D eigenvalue weighted by Crippen LogP contribution is 2.31. The first kappa shape index (κ1) is 13.8. The second-order valence-corrected chi connectivity index (χ2v) is 5.28. The number of piperidine rings is 1. The van der Waals surface area contributed by atoms with E-state index < -0.39 is 4.92 Å². The number of non-ortho nitro benzene ring substituents is 1. The zero-order chi connectivity index (χ0) is 14.0. The Kier molecular flexibility index (Phi) is 4.04. The summed E-state index contributed by atoms with van der Waals surface area (Å²) < 4.78 is 6.33. The number of hydrogen-bond donors (Lipinski definition) is 1. The van der Waals surface area contributed by atoms with E-state index in [-0.39, 0.29) is 23.7 Å². The minimum absolute atomic E-state index is 0.00391. The van der Waals surface area contributed by atoms with Crippen molar-refractivity contribution >= 4 is 27.5 Å². The molecule has 0 saturated carbocycles.